The van der Waals surface area contributed by atoms with Crippen molar-refractivity contribution in [1.82, 2.24) is 10.5 Å². The fourth-order valence-corrected chi connectivity index (χ4v) is 1.38. The van der Waals surface area contributed by atoms with Gasteiger partial charge in [0, 0.05) is 18.5 Å². The van der Waals surface area contributed by atoms with Crippen LogP contribution in [0.4, 0.5) is 0 Å². The van der Waals surface area contributed by atoms with E-state index in [-0.39, 0.29) is 0 Å². The van der Waals surface area contributed by atoms with Crippen LogP contribution in [0.5, 0.6) is 0 Å². The van der Waals surface area contributed by atoms with Crippen LogP contribution in [0.3, 0.4) is 0 Å². The van der Waals surface area contributed by atoms with Crippen molar-refractivity contribution in [3.63, 3.8) is 0 Å². The van der Waals surface area contributed by atoms with Gasteiger partial charge in [-0.3, -0.25) is 0 Å². The summed E-state index contributed by atoms with van der Waals surface area (Å²) in [6.07, 6.45) is 0.920. The summed E-state index contributed by atoms with van der Waals surface area (Å²) in [6, 6.07) is 0. The van der Waals surface area contributed by atoms with Crippen LogP contribution in [0, 0.1) is 12.8 Å². The van der Waals surface area contributed by atoms with E-state index < -0.39 is 0 Å². The highest BCUT2D eigenvalue weighted by atomic mass is 16.5. The average Bonchev–Trinajstić information content (AvgIpc) is 2.47. The Morgan fingerprint density at radius 3 is 2.64 bits per heavy atom. The van der Waals surface area contributed by atoms with Crippen LogP contribution in [-0.4, -0.2) is 11.7 Å². The van der Waals surface area contributed by atoms with Crippen molar-refractivity contribution < 1.29 is 4.52 Å². The van der Waals surface area contributed by atoms with Crippen LogP contribution in [-0.2, 0) is 13.0 Å². The summed E-state index contributed by atoms with van der Waals surface area (Å²) < 4.78 is 5.21. The van der Waals surface area contributed by atoms with Gasteiger partial charge in [-0.05, 0) is 19.4 Å². The predicted molar refractivity (Wildman–Crippen MR) is 57.2 cm³/mol. The number of aromatic nitrogens is 1. The molecular weight excluding hydrogens is 176 g/mol. The largest absolute Gasteiger partial charge is 0.361 e. The molecule has 0 fully saturated rings. The second-order valence-corrected chi connectivity index (χ2v) is 4.06. The zero-order valence-electron chi connectivity index (χ0n) is 9.55. The minimum absolute atomic E-state index is 0.674. The fourth-order valence-electron chi connectivity index (χ4n) is 1.38. The molecule has 80 valence electrons. The Hall–Kier alpha value is -0.830. The summed E-state index contributed by atoms with van der Waals surface area (Å²) in [5, 5.41) is 7.40. The van der Waals surface area contributed by atoms with Crippen LogP contribution in [0.1, 0.15) is 37.8 Å². The normalized spacial score (nSPS) is 11.2. The first-order valence-corrected chi connectivity index (χ1v) is 5.29. The molecule has 0 aliphatic rings. The summed E-state index contributed by atoms with van der Waals surface area (Å²) in [4.78, 5) is 0. The lowest BCUT2D eigenvalue weighted by Crippen LogP contribution is -2.19. The molecule has 0 unspecified atom stereocenters. The molecule has 0 bridgehead atoms. The number of aryl methyl sites for hydroxylation is 1. The van der Waals surface area contributed by atoms with Crippen molar-refractivity contribution in [2.75, 3.05) is 6.54 Å². The molecule has 0 spiro atoms. The van der Waals surface area contributed by atoms with Gasteiger partial charge in [0.25, 0.3) is 0 Å². The maximum Gasteiger partial charge on any atom is 0.139 e. The van der Waals surface area contributed by atoms with Gasteiger partial charge < -0.3 is 9.84 Å². The standard InChI is InChI=1S/C11H20N2O/c1-5-11-9(4)10(13-14-11)7-12-6-8(2)3/h8,12H,5-7H2,1-4H3. The molecule has 1 rings (SSSR count). The molecule has 0 amide bonds. The minimum atomic E-state index is 0.674. The van der Waals surface area contributed by atoms with Gasteiger partial charge in [0.15, 0.2) is 0 Å². The van der Waals surface area contributed by atoms with Crippen molar-refractivity contribution >= 4 is 0 Å². The first kappa shape index (κ1) is 11.2. The van der Waals surface area contributed by atoms with E-state index in [1.54, 1.807) is 0 Å². The van der Waals surface area contributed by atoms with Gasteiger partial charge in [0.1, 0.15) is 11.5 Å². The summed E-state index contributed by atoms with van der Waals surface area (Å²) in [6.45, 7) is 10.4. The lowest BCUT2D eigenvalue weighted by Gasteiger charge is -2.05. The molecule has 0 atom stereocenters. The van der Waals surface area contributed by atoms with Crippen LogP contribution in [0.15, 0.2) is 4.52 Å². The molecule has 0 saturated heterocycles. The molecule has 1 aromatic rings. The monoisotopic (exact) mass is 196 g/mol. The Balaban J connectivity index is 2.46. The van der Waals surface area contributed by atoms with Gasteiger partial charge in [0.05, 0.1) is 0 Å². The number of nitrogens with one attached hydrogen (secondary N) is 1. The lowest BCUT2D eigenvalue weighted by atomic mass is 10.1. The number of hydrogen-bond acceptors (Lipinski definition) is 3. The molecule has 1 aromatic heterocycles. The molecule has 3 nitrogen and oxygen atoms in total. The molecule has 14 heavy (non-hydrogen) atoms. The van der Waals surface area contributed by atoms with Crippen LogP contribution >= 0.6 is 0 Å². The van der Waals surface area contributed by atoms with E-state index in [0.717, 1.165) is 31.0 Å². The minimum Gasteiger partial charge on any atom is -0.361 e. The van der Waals surface area contributed by atoms with Crippen LogP contribution in [0.2, 0.25) is 0 Å². The molecule has 1 N–H and O–H groups in total. The number of hydrogen-bond donors (Lipinski definition) is 1. The highest BCUT2D eigenvalue weighted by Crippen LogP contribution is 2.12. The zero-order chi connectivity index (χ0) is 10.6. The summed E-state index contributed by atoms with van der Waals surface area (Å²) in [5.41, 5.74) is 2.24. The Labute approximate surface area is 85.9 Å². The maximum atomic E-state index is 5.21. The van der Waals surface area contributed by atoms with E-state index in [2.05, 4.69) is 38.2 Å². The summed E-state index contributed by atoms with van der Waals surface area (Å²) in [7, 11) is 0. The number of nitrogens with zero attached hydrogens (tertiary/aromatic N) is 1. The Morgan fingerprint density at radius 2 is 2.14 bits per heavy atom. The van der Waals surface area contributed by atoms with E-state index in [1.165, 1.54) is 5.56 Å². The van der Waals surface area contributed by atoms with E-state index in [0.29, 0.717) is 5.92 Å². The summed E-state index contributed by atoms with van der Waals surface area (Å²) in [5.74, 6) is 1.68. The Kier molecular flexibility index (Phi) is 4.14. The first-order chi connectivity index (χ1) is 6.65. The fraction of sp³-hybridized carbons (Fsp3) is 0.727. The highest BCUT2D eigenvalue weighted by molar-refractivity contribution is 5.20. The van der Waals surface area contributed by atoms with Gasteiger partial charge in [0.2, 0.25) is 0 Å². The average molecular weight is 196 g/mol. The van der Waals surface area contributed by atoms with Gasteiger partial charge in [-0.25, -0.2) is 0 Å². The lowest BCUT2D eigenvalue weighted by molar-refractivity contribution is 0.377. The zero-order valence-corrected chi connectivity index (χ0v) is 9.55. The highest BCUT2D eigenvalue weighted by Gasteiger charge is 2.09. The topological polar surface area (TPSA) is 38.1 Å². The van der Waals surface area contributed by atoms with E-state index >= 15 is 0 Å². The first-order valence-electron chi connectivity index (χ1n) is 5.29. The molecule has 3 heteroatoms. The van der Waals surface area contributed by atoms with Crippen molar-refractivity contribution in [3.05, 3.63) is 17.0 Å². The molecule has 0 aliphatic heterocycles. The molecule has 0 radical (unpaired) electrons. The Morgan fingerprint density at radius 1 is 1.43 bits per heavy atom. The third-order valence-corrected chi connectivity index (χ3v) is 2.28. The van der Waals surface area contributed by atoms with Crippen molar-refractivity contribution in [2.24, 2.45) is 5.92 Å². The van der Waals surface area contributed by atoms with Crippen LogP contribution < -0.4 is 5.32 Å². The SMILES string of the molecule is CCc1onc(CNCC(C)C)c1C. The smallest absolute Gasteiger partial charge is 0.139 e. The Bertz CT molecular complexity index is 279. The molecule has 0 saturated carbocycles. The van der Waals surface area contributed by atoms with Crippen molar-refractivity contribution in [3.8, 4) is 0 Å². The summed E-state index contributed by atoms with van der Waals surface area (Å²) >= 11 is 0. The van der Waals surface area contributed by atoms with Gasteiger partial charge in [-0.1, -0.05) is 25.9 Å². The van der Waals surface area contributed by atoms with Crippen LogP contribution in [0.25, 0.3) is 0 Å². The third-order valence-electron chi connectivity index (χ3n) is 2.28. The molecule has 1 heterocycles. The van der Waals surface area contributed by atoms with Gasteiger partial charge in [-0.15, -0.1) is 0 Å². The molecule has 0 aromatic carbocycles. The van der Waals surface area contributed by atoms with Crippen molar-refractivity contribution in [1.29, 1.82) is 0 Å². The van der Waals surface area contributed by atoms with E-state index in [9.17, 15) is 0 Å². The second kappa shape index (κ2) is 5.15. The third kappa shape index (κ3) is 2.84. The van der Waals surface area contributed by atoms with E-state index in [4.69, 9.17) is 4.52 Å². The molecular formula is C11H20N2O. The molecule has 0 aliphatic carbocycles. The van der Waals surface area contributed by atoms with Crippen molar-refractivity contribution in [2.45, 2.75) is 40.7 Å². The second-order valence-electron chi connectivity index (χ2n) is 4.06. The van der Waals surface area contributed by atoms with Gasteiger partial charge in [-0.2, -0.15) is 0 Å². The predicted octanol–water partition coefficient (Wildman–Crippen LogP) is 2.29. The maximum absolute atomic E-state index is 5.21. The quantitative estimate of drug-likeness (QED) is 0.785. The number of rotatable bonds is 5. The van der Waals surface area contributed by atoms with Gasteiger partial charge >= 0.3 is 0 Å². The van der Waals surface area contributed by atoms with E-state index in [1.807, 2.05) is 0 Å².